The Bertz CT molecular complexity index is 1940. The third-order valence-electron chi connectivity index (χ3n) is 9.52. The standard InChI is InChI=1S/C36H39N7O6/c1-3-4-5-6-11-32(35(46)43(36(47)48)21-27(18-23(43)2)49-26-15-12-24(13-16-26)19-33(44)45)42-22-37-30-20-25(14-17-31(30)42)28-9-7-8-10-29(28)34-38-40-41-39-34/h7-10,12-17,20,22-23,27,32H,3-6,11,18-19,21H2,1-2H3,(H2-,38,39,40,41,44,45,47,48)/p+1/t23-,27-,32?,43-/m1/s1. The van der Waals surface area contributed by atoms with E-state index in [9.17, 15) is 19.5 Å². The first-order chi connectivity index (χ1) is 23.7. The van der Waals surface area contributed by atoms with E-state index < -0.39 is 40.6 Å². The Kier molecular flexibility index (Phi) is 9.81. The molecule has 0 radical (unpaired) electrons. The lowest BCUT2D eigenvalue weighted by atomic mass is 9.98. The summed E-state index contributed by atoms with van der Waals surface area (Å²) < 4.78 is 7.28. The number of ether oxygens (including phenoxy) is 1. The van der Waals surface area contributed by atoms with E-state index in [4.69, 9.17) is 14.8 Å². The summed E-state index contributed by atoms with van der Waals surface area (Å²) in [6.45, 7) is 3.89. The van der Waals surface area contributed by atoms with Crippen molar-refractivity contribution in [3.05, 3.63) is 78.6 Å². The first-order valence-corrected chi connectivity index (χ1v) is 16.6. The van der Waals surface area contributed by atoms with Crippen LogP contribution >= 0.6 is 0 Å². The van der Waals surface area contributed by atoms with Gasteiger partial charge in [-0.3, -0.25) is 4.79 Å². The second-order valence-corrected chi connectivity index (χ2v) is 12.7. The van der Waals surface area contributed by atoms with Crippen LogP contribution in [0.4, 0.5) is 4.79 Å². The SMILES string of the molecule is CCCCCCC(C(=O)[N@@+]1(C(=O)O)C[C@H](Oc2ccc(CC(=O)O)cc2)C[C@H]1C)n1cnc2cc(-c3ccccc3-c3nn[nH]n3)ccc21. The number of hydrogen-bond acceptors (Lipinski definition) is 8. The fraction of sp³-hybridized carbons (Fsp3) is 0.361. The molecule has 1 aliphatic heterocycles. The van der Waals surface area contributed by atoms with Gasteiger partial charge in [0.15, 0.2) is 12.1 Å². The van der Waals surface area contributed by atoms with Crippen LogP contribution in [-0.4, -0.2) is 81.5 Å². The summed E-state index contributed by atoms with van der Waals surface area (Å²) in [5, 5.41) is 34.3. The van der Waals surface area contributed by atoms with Crippen molar-refractivity contribution in [1.82, 2.24) is 30.2 Å². The van der Waals surface area contributed by atoms with Gasteiger partial charge in [0, 0.05) is 12.0 Å². The minimum atomic E-state index is -1.20. The van der Waals surface area contributed by atoms with Gasteiger partial charge in [-0.2, -0.15) is 14.5 Å². The number of aromatic nitrogens is 6. The Balaban J connectivity index is 1.31. The van der Waals surface area contributed by atoms with E-state index in [1.54, 1.807) is 37.5 Å². The first kappa shape index (κ1) is 33.5. The van der Waals surface area contributed by atoms with Gasteiger partial charge >= 0.3 is 18.0 Å². The van der Waals surface area contributed by atoms with Crippen LogP contribution in [-0.2, 0) is 16.0 Å². The monoisotopic (exact) mass is 666 g/mol. The van der Waals surface area contributed by atoms with E-state index in [0.29, 0.717) is 35.5 Å². The largest absolute Gasteiger partial charge is 0.521 e. The van der Waals surface area contributed by atoms with Gasteiger partial charge in [-0.15, -0.1) is 10.2 Å². The number of nitrogens with zero attached hydrogens (tertiary/aromatic N) is 6. The average Bonchev–Trinajstić information content (AvgIpc) is 3.85. The van der Waals surface area contributed by atoms with Gasteiger partial charge in [0.1, 0.15) is 18.3 Å². The van der Waals surface area contributed by atoms with Crippen LogP contribution in [0.2, 0.25) is 0 Å². The number of carbonyl (C=O) groups is 3. The number of benzene rings is 3. The average molecular weight is 667 g/mol. The minimum Gasteiger partial charge on any atom is -0.484 e. The van der Waals surface area contributed by atoms with Crippen LogP contribution in [0.3, 0.4) is 0 Å². The summed E-state index contributed by atoms with van der Waals surface area (Å²) in [7, 11) is 0. The zero-order valence-corrected chi connectivity index (χ0v) is 27.5. The van der Waals surface area contributed by atoms with Gasteiger partial charge < -0.3 is 19.5 Å². The molecular formula is C36H40N7O6+. The Labute approximate surface area is 283 Å². The van der Waals surface area contributed by atoms with Crippen molar-refractivity contribution >= 4 is 29.0 Å². The molecule has 1 fully saturated rings. The number of nitrogens with one attached hydrogen (secondary N) is 1. The molecule has 5 aromatic rings. The maximum atomic E-state index is 14.7. The number of likely N-dealkylation sites (tertiary alicyclic amines) is 1. The van der Waals surface area contributed by atoms with E-state index in [2.05, 4.69) is 27.5 Å². The molecule has 3 N–H and O–H groups in total. The Morgan fingerprint density at radius 2 is 1.80 bits per heavy atom. The van der Waals surface area contributed by atoms with Gasteiger partial charge in [-0.25, -0.2) is 9.78 Å². The molecule has 0 bridgehead atoms. The first-order valence-electron chi connectivity index (χ1n) is 16.6. The summed E-state index contributed by atoms with van der Waals surface area (Å²) in [6, 6.07) is 19.0. The number of quaternary nitrogens is 1. The number of H-pyrrole nitrogens is 1. The molecule has 2 amide bonds. The summed E-state index contributed by atoms with van der Waals surface area (Å²) in [6.07, 6.45) is 4.39. The summed E-state index contributed by atoms with van der Waals surface area (Å²) in [4.78, 5) is 43.7. The molecule has 6 rings (SSSR count). The van der Waals surface area contributed by atoms with Crippen molar-refractivity contribution < 1.29 is 33.8 Å². The van der Waals surface area contributed by atoms with Crippen LogP contribution in [0.1, 0.15) is 64.0 Å². The number of aliphatic carboxylic acids is 1. The number of rotatable bonds is 13. The molecule has 0 saturated carbocycles. The highest BCUT2D eigenvalue weighted by molar-refractivity contribution is 5.89. The lowest BCUT2D eigenvalue weighted by molar-refractivity contribution is -0.795. The molecule has 13 heteroatoms. The maximum Gasteiger partial charge on any atom is 0.521 e. The number of amides is 2. The van der Waals surface area contributed by atoms with Gasteiger partial charge in [-0.1, -0.05) is 75.1 Å². The molecule has 13 nitrogen and oxygen atoms in total. The van der Waals surface area contributed by atoms with E-state index in [0.717, 1.165) is 47.9 Å². The zero-order chi connectivity index (χ0) is 34.5. The van der Waals surface area contributed by atoms with Gasteiger partial charge in [0.05, 0.1) is 23.8 Å². The van der Waals surface area contributed by atoms with Crippen molar-refractivity contribution in [2.45, 2.75) is 77.0 Å². The van der Waals surface area contributed by atoms with Gasteiger partial charge in [-0.05, 0) is 59.5 Å². The maximum absolute atomic E-state index is 14.7. The normalized spacial score (nSPS) is 19.6. The van der Waals surface area contributed by atoms with E-state index in [-0.39, 0.29) is 13.0 Å². The molecule has 0 aliphatic carbocycles. The van der Waals surface area contributed by atoms with Crippen molar-refractivity contribution in [2.24, 2.45) is 0 Å². The predicted molar refractivity (Wildman–Crippen MR) is 181 cm³/mol. The van der Waals surface area contributed by atoms with Crippen molar-refractivity contribution in [3.8, 4) is 28.3 Å². The molecule has 0 spiro atoms. The summed E-state index contributed by atoms with van der Waals surface area (Å²) in [5.41, 5.74) is 4.64. The number of aromatic amines is 1. The van der Waals surface area contributed by atoms with E-state index in [1.165, 1.54) is 0 Å². The summed E-state index contributed by atoms with van der Waals surface area (Å²) in [5.74, 6) is -0.358. The molecule has 1 saturated heterocycles. The Morgan fingerprint density at radius 1 is 1.02 bits per heavy atom. The highest BCUT2D eigenvalue weighted by atomic mass is 16.5. The molecule has 3 heterocycles. The van der Waals surface area contributed by atoms with E-state index in [1.807, 2.05) is 47.0 Å². The molecule has 2 aromatic heterocycles. The third kappa shape index (κ3) is 6.79. The summed E-state index contributed by atoms with van der Waals surface area (Å²) >= 11 is 0. The van der Waals surface area contributed by atoms with Crippen molar-refractivity contribution in [1.29, 1.82) is 0 Å². The van der Waals surface area contributed by atoms with Crippen LogP contribution in [0.15, 0.2) is 73.1 Å². The molecule has 1 unspecified atom stereocenters. The second kappa shape index (κ2) is 14.4. The lowest BCUT2D eigenvalue weighted by Gasteiger charge is -2.33. The zero-order valence-electron chi connectivity index (χ0n) is 27.5. The number of hydrogen-bond donors (Lipinski definition) is 3. The van der Waals surface area contributed by atoms with Gasteiger partial charge in [0.25, 0.3) is 0 Å². The fourth-order valence-electron chi connectivity index (χ4n) is 7.01. The van der Waals surface area contributed by atoms with Crippen LogP contribution in [0.25, 0.3) is 33.5 Å². The highest BCUT2D eigenvalue weighted by Crippen LogP contribution is 2.37. The number of imidazole rings is 1. The Morgan fingerprint density at radius 3 is 2.49 bits per heavy atom. The highest BCUT2D eigenvalue weighted by Gasteiger charge is 2.59. The quantitative estimate of drug-likeness (QED) is 0.0958. The number of unbranched alkanes of at least 4 members (excludes halogenated alkanes) is 3. The number of carboxylic acids is 1. The topological polar surface area (TPSA) is 173 Å². The molecule has 1 aliphatic rings. The van der Waals surface area contributed by atoms with Crippen LogP contribution in [0.5, 0.6) is 5.75 Å². The lowest BCUT2D eigenvalue weighted by Crippen LogP contribution is -2.61. The number of carbonyl (C=O) groups excluding carboxylic acids is 1. The fourth-order valence-corrected chi connectivity index (χ4v) is 7.01. The van der Waals surface area contributed by atoms with Crippen molar-refractivity contribution in [3.63, 3.8) is 0 Å². The number of fused-ring (bicyclic) bond motifs is 1. The second-order valence-electron chi connectivity index (χ2n) is 12.7. The number of tetrazole rings is 1. The number of carboxylic acid groups (broad SMARTS) is 2. The smallest absolute Gasteiger partial charge is 0.484 e. The van der Waals surface area contributed by atoms with Crippen LogP contribution < -0.4 is 4.74 Å². The molecular weight excluding hydrogens is 626 g/mol. The molecule has 254 valence electrons. The minimum absolute atomic E-state index is 0.0265. The third-order valence-corrected chi connectivity index (χ3v) is 9.52. The molecule has 49 heavy (non-hydrogen) atoms. The Hall–Kier alpha value is -5.43. The predicted octanol–water partition coefficient (Wildman–Crippen LogP) is 6.28. The van der Waals surface area contributed by atoms with Crippen LogP contribution in [0, 0.1) is 0 Å². The van der Waals surface area contributed by atoms with E-state index >= 15 is 0 Å². The molecule has 4 atom stereocenters. The van der Waals surface area contributed by atoms with Crippen molar-refractivity contribution in [2.75, 3.05) is 6.54 Å². The van der Waals surface area contributed by atoms with Gasteiger partial charge in [0.2, 0.25) is 5.82 Å². The number of imide groups is 1. The molecule has 3 aromatic carbocycles.